The summed E-state index contributed by atoms with van der Waals surface area (Å²) in [6.07, 6.45) is -4.12. The molecule has 2 aromatic carbocycles. The van der Waals surface area contributed by atoms with E-state index in [1.54, 1.807) is 20.8 Å². The van der Waals surface area contributed by atoms with Gasteiger partial charge in [0.2, 0.25) is 12.2 Å². The van der Waals surface area contributed by atoms with Crippen molar-refractivity contribution in [3.05, 3.63) is 64.0 Å². The van der Waals surface area contributed by atoms with Gasteiger partial charge in [0, 0.05) is 19.1 Å². The number of aryl methyl sites for hydroxylation is 2. The number of carbonyl (C=O) groups excluding carboxylic acids is 1. The zero-order chi connectivity index (χ0) is 26.9. The molecule has 1 fully saturated rings. The molecule has 198 valence electrons. The summed E-state index contributed by atoms with van der Waals surface area (Å²) in [5, 5.41) is 34.4. The number of anilines is 1. The van der Waals surface area contributed by atoms with Gasteiger partial charge in [0.15, 0.2) is 11.4 Å². The minimum atomic E-state index is -1.41. The molecule has 1 aliphatic rings. The van der Waals surface area contributed by atoms with Gasteiger partial charge in [0.25, 0.3) is 0 Å². The van der Waals surface area contributed by atoms with E-state index in [1.165, 1.54) is 19.2 Å². The van der Waals surface area contributed by atoms with Crippen molar-refractivity contribution in [3.63, 3.8) is 0 Å². The fraction of sp³-hybridized carbons (Fsp3) is 0.407. The van der Waals surface area contributed by atoms with Crippen molar-refractivity contribution in [1.29, 1.82) is 0 Å². The highest BCUT2D eigenvalue weighted by molar-refractivity contribution is 5.97. The van der Waals surface area contributed by atoms with Crippen LogP contribution in [0.15, 0.2) is 51.7 Å². The van der Waals surface area contributed by atoms with Crippen molar-refractivity contribution in [2.45, 2.75) is 63.8 Å². The van der Waals surface area contributed by atoms with Crippen LogP contribution in [-0.4, -0.2) is 58.5 Å². The third-order valence-electron chi connectivity index (χ3n) is 6.54. The summed E-state index contributed by atoms with van der Waals surface area (Å²) in [6, 6.07) is 12.4. The first-order chi connectivity index (χ1) is 17.5. The van der Waals surface area contributed by atoms with Crippen molar-refractivity contribution in [2.24, 2.45) is 0 Å². The molecule has 3 aromatic rings. The van der Waals surface area contributed by atoms with E-state index in [4.69, 9.17) is 18.6 Å². The Kier molecular flexibility index (Phi) is 7.56. The molecule has 0 radical (unpaired) electrons. The lowest BCUT2D eigenvalue weighted by Crippen LogP contribution is -2.63. The SMILES string of the molecule is CO[C@@H]1[C@@H](O)[C@@H](O)[C@H](Oc2ccc3c(O)c(NC(=O)CCc4ccccc4)c(=O)oc3c2C)OC1(C)C. The lowest BCUT2D eigenvalue weighted by molar-refractivity contribution is -0.306. The lowest BCUT2D eigenvalue weighted by Gasteiger charge is -2.46. The maximum Gasteiger partial charge on any atom is 0.364 e. The zero-order valence-electron chi connectivity index (χ0n) is 21.1. The number of carbonyl (C=O) groups is 1. The first-order valence-electron chi connectivity index (χ1n) is 11.9. The number of hydrogen-bond donors (Lipinski definition) is 4. The maximum absolute atomic E-state index is 12.7. The molecule has 10 heteroatoms. The largest absolute Gasteiger partial charge is 0.505 e. The number of aliphatic hydroxyl groups is 2. The molecule has 4 N–H and O–H groups in total. The number of hydrogen-bond acceptors (Lipinski definition) is 9. The van der Waals surface area contributed by atoms with E-state index in [2.05, 4.69) is 5.32 Å². The lowest BCUT2D eigenvalue weighted by atomic mass is 9.89. The molecule has 0 unspecified atom stereocenters. The molecule has 0 spiro atoms. The number of nitrogens with one attached hydrogen (secondary N) is 1. The van der Waals surface area contributed by atoms with Gasteiger partial charge in [0.05, 0.1) is 11.0 Å². The first-order valence-corrected chi connectivity index (χ1v) is 11.9. The van der Waals surface area contributed by atoms with E-state index in [9.17, 15) is 24.9 Å². The Morgan fingerprint density at radius 3 is 2.49 bits per heavy atom. The van der Waals surface area contributed by atoms with Gasteiger partial charge < -0.3 is 39.3 Å². The van der Waals surface area contributed by atoms with Crippen LogP contribution in [0.5, 0.6) is 11.5 Å². The first kappa shape index (κ1) is 26.6. The van der Waals surface area contributed by atoms with Gasteiger partial charge in [-0.25, -0.2) is 4.79 Å². The molecule has 1 amide bonds. The summed E-state index contributed by atoms with van der Waals surface area (Å²) >= 11 is 0. The summed E-state index contributed by atoms with van der Waals surface area (Å²) in [4.78, 5) is 25.1. The topological polar surface area (TPSA) is 148 Å². The normalized spacial score (nSPS) is 23.1. The Balaban J connectivity index is 1.56. The van der Waals surface area contributed by atoms with Crippen LogP contribution in [0.4, 0.5) is 5.69 Å². The average Bonchev–Trinajstić information content (AvgIpc) is 2.86. The van der Waals surface area contributed by atoms with Gasteiger partial charge in [-0.15, -0.1) is 0 Å². The summed E-state index contributed by atoms with van der Waals surface area (Å²) in [5.41, 5.74) is -0.879. The third kappa shape index (κ3) is 5.33. The number of ether oxygens (including phenoxy) is 3. The summed E-state index contributed by atoms with van der Waals surface area (Å²) in [6.45, 7) is 5.01. The molecule has 0 saturated carbocycles. The molecule has 4 atom stereocenters. The minimum absolute atomic E-state index is 0.0437. The maximum atomic E-state index is 12.7. The predicted molar refractivity (Wildman–Crippen MR) is 135 cm³/mol. The van der Waals surface area contributed by atoms with E-state index in [-0.39, 0.29) is 28.8 Å². The van der Waals surface area contributed by atoms with Gasteiger partial charge in [-0.3, -0.25) is 4.79 Å². The van der Waals surface area contributed by atoms with E-state index in [0.717, 1.165) is 5.56 Å². The molecule has 1 aromatic heterocycles. The molecule has 2 heterocycles. The fourth-order valence-corrected chi connectivity index (χ4v) is 4.54. The molecule has 10 nitrogen and oxygen atoms in total. The number of aliphatic hydroxyl groups excluding tert-OH is 2. The van der Waals surface area contributed by atoms with Gasteiger partial charge >= 0.3 is 5.63 Å². The quantitative estimate of drug-likeness (QED) is 0.350. The third-order valence-corrected chi connectivity index (χ3v) is 6.54. The average molecular weight is 514 g/mol. The van der Waals surface area contributed by atoms with E-state index >= 15 is 0 Å². The van der Waals surface area contributed by atoms with Gasteiger partial charge in [-0.1, -0.05) is 30.3 Å². The van der Waals surface area contributed by atoms with Crippen LogP contribution < -0.4 is 15.7 Å². The molecule has 0 bridgehead atoms. The van der Waals surface area contributed by atoms with Crippen LogP contribution in [0.2, 0.25) is 0 Å². The highest BCUT2D eigenvalue weighted by atomic mass is 16.7. The van der Waals surface area contributed by atoms with E-state index in [0.29, 0.717) is 12.0 Å². The Bertz CT molecular complexity index is 1340. The van der Waals surface area contributed by atoms with Crippen molar-refractivity contribution >= 4 is 22.6 Å². The van der Waals surface area contributed by atoms with Crippen LogP contribution >= 0.6 is 0 Å². The molecule has 4 rings (SSSR count). The monoisotopic (exact) mass is 513 g/mol. The van der Waals surface area contributed by atoms with Crippen LogP contribution in [0.1, 0.15) is 31.4 Å². The van der Waals surface area contributed by atoms with Crippen molar-refractivity contribution in [3.8, 4) is 11.5 Å². The molecule has 0 aliphatic carbocycles. The molecule has 37 heavy (non-hydrogen) atoms. The number of amides is 1. The Morgan fingerprint density at radius 2 is 1.81 bits per heavy atom. The van der Waals surface area contributed by atoms with Crippen molar-refractivity contribution in [2.75, 3.05) is 12.4 Å². The Morgan fingerprint density at radius 1 is 1.11 bits per heavy atom. The van der Waals surface area contributed by atoms with Crippen LogP contribution in [0.3, 0.4) is 0 Å². The van der Waals surface area contributed by atoms with Crippen LogP contribution in [-0.2, 0) is 20.7 Å². The molecule has 1 aliphatic heterocycles. The predicted octanol–water partition coefficient (Wildman–Crippen LogP) is 2.63. The van der Waals surface area contributed by atoms with E-state index in [1.807, 2.05) is 30.3 Å². The smallest absolute Gasteiger partial charge is 0.364 e. The summed E-state index contributed by atoms with van der Waals surface area (Å²) in [5.74, 6) is -0.665. The zero-order valence-corrected chi connectivity index (χ0v) is 21.1. The second-order valence-electron chi connectivity index (χ2n) is 9.56. The summed E-state index contributed by atoms with van der Waals surface area (Å²) in [7, 11) is 1.41. The Labute approximate surface area is 213 Å². The van der Waals surface area contributed by atoms with Crippen molar-refractivity contribution in [1.82, 2.24) is 0 Å². The van der Waals surface area contributed by atoms with Crippen LogP contribution in [0.25, 0.3) is 11.0 Å². The molecule has 1 saturated heterocycles. The molecular formula is C27H31NO9. The highest BCUT2D eigenvalue weighted by Gasteiger charge is 2.50. The van der Waals surface area contributed by atoms with E-state index < -0.39 is 47.5 Å². The second kappa shape index (κ2) is 10.5. The highest BCUT2D eigenvalue weighted by Crippen LogP contribution is 2.37. The number of aromatic hydroxyl groups is 1. The van der Waals surface area contributed by atoms with Crippen LogP contribution in [0, 0.1) is 6.92 Å². The number of fused-ring (bicyclic) bond motifs is 1. The standard InChI is InChI=1S/C27H31NO9/c1-14-17(35-26-22(32)21(31)24(34-4)27(2,3)37-26)12-11-16-20(30)19(25(33)36-23(14)16)28-18(29)13-10-15-8-6-5-7-9-15/h5-9,11-12,21-22,24,26,30-32H,10,13H2,1-4H3,(H,28,29)/t21-,22+,24+,26+/m0/s1. The number of benzene rings is 2. The van der Waals surface area contributed by atoms with Gasteiger partial charge in [-0.05, 0) is 44.9 Å². The van der Waals surface area contributed by atoms with Crippen molar-refractivity contribution < 1.29 is 38.7 Å². The number of rotatable bonds is 7. The number of methoxy groups -OCH3 is 1. The fourth-order valence-electron chi connectivity index (χ4n) is 4.54. The van der Waals surface area contributed by atoms with Gasteiger partial charge in [0.1, 0.15) is 29.6 Å². The van der Waals surface area contributed by atoms with Gasteiger partial charge in [-0.2, -0.15) is 0 Å². The minimum Gasteiger partial charge on any atom is -0.505 e. The Hall–Kier alpha value is -3.44. The molecular weight excluding hydrogens is 482 g/mol. The summed E-state index contributed by atoms with van der Waals surface area (Å²) < 4.78 is 22.4. The second-order valence-corrected chi connectivity index (χ2v) is 9.56.